The standard InChI is InChI=1S/C15H10BrFO4/c16-11-6-10(2-3-12(11)17)19-7-13(18)9-1-4-14-15(5-9)21-8-20-14/h1-6H,7-8H2. The summed E-state index contributed by atoms with van der Waals surface area (Å²) in [5, 5.41) is 0. The van der Waals surface area contributed by atoms with Gasteiger partial charge in [-0.15, -0.1) is 0 Å². The maximum absolute atomic E-state index is 13.1. The van der Waals surface area contributed by atoms with Crippen LogP contribution in [0.4, 0.5) is 4.39 Å². The van der Waals surface area contributed by atoms with Gasteiger partial charge in [-0.05, 0) is 52.3 Å². The number of halogens is 2. The van der Waals surface area contributed by atoms with Crippen molar-refractivity contribution in [2.75, 3.05) is 13.4 Å². The van der Waals surface area contributed by atoms with Gasteiger partial charge in [-0.25, -0.2) is 4.39 Å². The second kappa shape index (κ2) is 5.73. The van der Waals surface area contributed by atoms with E-state index >= 15 is 0 Å². The van der Waals surface area contributed by atoms with Crippen LogP contribution in [0.1, 0.15) is 10.4 Å². The Morgan fingerprint density at radius 1 is 1.19 bits per heavy atom. The van der Waals surface area contributed by atoms with Crippen molar-refractivity contribution in [2.45, 2.75) is 0 Å². The highest BCUT2D eigenvalue weighted by Gasteiger charge is 2.16. The Hall–Kier alpha value is -2.08. The minimum absolute atomic E-state index is 0.141. The van der Waals surface area contributed by atoms with E-state index in [4.69, 9.17) is 14.2 Å². The molecule has 1 aliphatic heterocycles. The molecule has 1 heterocycles. The second-order valence-electron chi connectivity index (χ2n) is 4.36. The van der Waals surface area contributed by atoms with Crippen LogP contribution in [0.3, 0.4) is 0 Å². The van der Waals surface area contributed by atoms with Crippen LogP contribution in [0, 0.1) is 5.82 Å². The van der Waals surface area contributed by atoms with Gasteiger partial charge in [0.1, 0.15) is 11.6 Å². The summed E-state index contributed by atoms with van der Waals surface area (Å²) in [6.45, 7) is 0.0187. The zero-order chi connectivity index (χ0) is 14.8. The maximum atomic E-state index is 13.1. The topological polar surface area (TPSA) is 44.8 Å². The summed E-state index contributed by atoms with van der Waals surface area (Å²) in [6.07, 6.45) is 0. The van der Waals surface area contributed by atoms with Gasteiger partial charge in [0, 0.05) is 5.56 Å². The molecule has 0 amide bonds. The van der Waals surface area contributed by atoms with E-state index in [1.807, 2.05) is 0 Å². The van der Waals surface area contributed by atoms with Gasteiger partial charge in [0.05, 0.1) is 4.47 Å². The highest BCUT2D eigenvalue weighted by Crippen LogP contribution is 2.32. The van der Waals surface area contributed by atoms with Crippen molar-refractivity contribution < 1.29 is 23.4 Å². The van der Waals surface area contributed by atoms with Crippen molar-refractivity contribution in [3.8, 4) is 17.2 Å². The average Bonchev–Trinajstić information content (AvgIpc) is 2.95. The molecule has 4 nitrogen and oxygen atoms in total. The average molecular weight is 353 g/mol. The van der Waals surface area contributed by atoms with Crippen LogP contribution < -0.4 is 14.2 Å². The Bertz CT molecular complexity index is 702. The van der Waals surface area contributed by atoms with E-state index in [1.54, 1.807) is 18.2 Å². The molecule has 0 aromatic heterocycles. The molecule has 2 aromatic rings. The number of ether oxygens (including phenoxy) is 3. The second-order valence-corrected chi connectivity index (χ2v) is 5.21. The molecular formula is C15H10BrFO4. The number of carbonyl (C=O) groups is 1. The van der Waals surface area contributed by atoms with Crippen molar-refractivity contribution in [3.63, 3.8) is 0 Å². The monoisotopic (exact) mass is 352 g/mol. The fraction of sp³-hybridized carbons (Fsp3) is 0.133. The Morgan fingerprint density at radius 2 is 2.00 bits per heavy atom. The molecule has 0 N–H and O–H groups in total. The Labute approximate surface area is 128 Å². The molecule has 0 saturated carbocycles. The van der Waals surface area contributed by atoms with Crippen molar-refractivity contribution in [2.24, 2.45) is 0 Å². The zero-order valence-electron chi connectivity index (χ0n) is 10.8. The van der Waals surface area contributed by atoms with Gasteiger partial charge in [-0.1, -0.05) is 0 Å². The molecule has 0 unspecified atom stereocenters. The first-order valence-electron chi connectivity index (χ1n) is 6.14. The predicted molar refractivity (Wildman–Crippen MR) is 76.5 cm³/mol. The van der Waals surface area contributed by atoms with E-state index < -0.39 is 0 Å². The summed E-state index contributed by atoms with van der Waals surface area (Å²) in [7, 11) is 0. The molecule has 21 heavy (non-hydrogen) atoms. The lowest BCUT2D eigenvalue weighted by molar-refractivity contribution is 0.0921. The molecule has 0 spiro atoms. The molecule has 0 bridgehead atoms. The molecular weight excluding hydrogens is 343 g/mol. The van der Waals surface area contributed by atoms with Crippen LogP contribution in [0.5, 0.6) is 17.2 Å². The third-order valence-electron chi connectivity index (χ3n) is 2.96. The SMILES string of the molecule is O=C(COc1ccc(F)c(Br)c1)c1ccc2c(c1)OCO2. The fourth-order valence-electron chi connectivity index (χ4n) is 1.87. The molecule has 108 valence electrons. The summed E-state index contributed by atoms with van der Waals surface area (Å²) in [4.78, 5) is 12.1. The number of carbonyl (C=O) groups excluding carboxylic acids is 1. The number of Topliss-reactive ketones (excluding diaryl/α,β-unsaturated/α-hetero) is 1. The normalized spacial score (nSPS) is 12.3. The zero-order valence-corrected chi connectivity index (χ0v) is 12.4. The lowest BCUT2D eigenvalue weighted by Gasteiger charge is -2.07. The van der Waals surface area contributed by atoms with Crippen molar-refractivity contribution in [1.82, 2.24) is 0 Å². The molecule has 0 radical (unpaired) electrons. The lowest BCUT2D eigenvalue weighted by atomic mass is 10.1. The first-order valence-corrected chi connectivity index (χ1v) is 6.93. The number of hydrogen-bond donors (Lipinski definition) is 0. The van der Waals surface area contributed by atoms with E-state index in [0.29, 0.717) is 22.8 Å². The molecule has 3 rings (SSSR count). The third-order valence-corrected chi connectivity index (χ3v) is 3.56. The number of fused-ring (bicyclic) bond motifs is 1. The van der Waals surface area contributed by atoms with Crippen molar-refractivity contribution >= 4 is 21.7 Å². The molecule has 0 aliphatic carbocycles. The largest absolute Gasteiger partial charge is 0.485 e. The first kappa shape index (κ1) is 13.9. The van der Waals surface area contributed by atoms with Crippen LogP contribution in [0.2, 0.25) is 0 Å². The highest BCUT2D eigenvalue weighted by atomic mass is 79.9. The fourth-order valence-corrected chi connectivity index (χ4v) is 2.23. The molecule has 0 atom stereocenters. The minimum atomic E-state index is -0.385. The predicted octanol–water partition coefficient (Wildman–Crippen LogP) is 3.58. The van der Waals surface area contributed by atoms with Gasteiger partial charge in [0.25, 0.3) is 0 Å². The quantitative estimate of drug-likeness (QED) is 0.789. The summed E-state index contributed by atoms with van der Waals surface area (Å²) in [6, 6.07) is 9.16. The lowest BCUT2D eigenvalue weighted by Crippen LogP contribution is -2.11. The Kier molecular flexibility index (Phi) is 3.79. The maximum Gasteiger partial charge on any atom is 0.231 e. The van der Waals surface area contributed by atoms with E-state index in [0.717, 1.165) is 0 Å². The molecule has 0 saturated heterocycles. The summed E-state index contributed by atoms with van der Waals surface area (Å²) < 4.78 is 29.1. The summed E-state index contributed by atoms with van der Waals surface area (Å²) in [5.74, 6) is 0.996. The van der Waals surface area contributed by atoms with Gasteiger partial charge in [-0.2, -0.15) is 0 Å². The van der Waals surface area contributed by atoms with Gasteiger partial charge < -0.3 is 14.2 Å². The van der Waals surface area contributed by atoms with E-state index in [-0.39, 0.29) is 29.5 Å². The first-order chi connectivity index (χ1) is 10.1. The highest BCUT2D eigenvalue weighted by molar-refractivity contribution is 9.10. The van der Waals surface area contributed by atoms with E-state index in [2.05, 4.69) is 15.9 Å². The van der Waals surface area contributed by atoms with Gasteiger partial charge in [0.2, 0.25) is 6.79 Å². The Balaban J connectivity index is 1.67. The van der Waals surface area contributed by atoms with Gasteiger partial charge >= 0.3 is 0 Å². The molecule has 2 aromatic carbocycles. The van der Waals surface area contributed by atoms with Crippen molar-refractivity contribution in [3.05, 3.63) is 52.3 Å². The number of rotatable bonds is 4. The van der Waals surface area contributed by atoms with Crippen LogP contribution in [-0.2, 0) is 0 Å². The van der Waals surface area contributed by atoms with Crippen LogP contribution in [0.15, 0.2) is 40.9 Å². The number of ketones is 1. The molecule has 6 heteroatoms. The van der Waals surface area contributed by atoms with Crippen molar-refractivity contribution in [1.29, 1.82) is 0 Å². The Morgan fingerprint density at radius 3 is 2.81 bits per heavy atom. The molecule has 1 aliphatic rings. The summed E-state index contributed by atoms with van der Waals surface area (Å²) in [5.41, 5.74) is 0.473. The van der Waals surface area contributed by atoms with Crippen LogP contribution >= 0.6 is 15.9 Å². The minimum Gasteiger partial charge on any atom is -0.485 e. The number of hydrogen-bond acceptors (Lipinski definition) is 4. The van der Waals surface area contributed by atoms with Gasteiger partial charge in [0.15, 0.2) is 23.9 Å². The van der Waals surface area contributed by atoms with Crippen LogP contribution in [0.25, 0.3) is 0 Å². The summed E-state index contributed by atoms with van der Waals surface area (Å²) >= 11 is 3.06. The van der Waals surface area contributed by atoms with Crippen LogP contribution in [-0.4, -0.2) is 19.2 Å². The smallest absolute Gasteiger partial charge is 0.231 e. The third kappa shape index (κ3) is 3.00. The number of benzene rings is 2. The molecule has 0 fully saturated rings. The van der Waals surface area contributed by atoms with E-state index in [1.165, 1.54) is 18.2 Å². The van der Waals surface area contributed by atoms with E-state index in [9.17, 15) is 9.18 Å². The van der Waals surface area contributed by atoms with Gasteiger partial charge in [-0.3, -0.25) is 4.79 Å².